The van der Waals surface area contributed by atoms with Crippen LogP contribution >= 0.6 is 0 Å². The molecule has 8 nitrogen and oxygen atoms in total. The molecule has 5 rings (SSSR count). The molecular weight excluding hydrogens is 444 g/mol. The summed E-state index contributed by atoms with van der Waals surface area (Å²) in [5, 5.41) is 2.91. The van der Waals surface area contributed by atoms with E-state index in [9.17, 15) is 4.79 Å². The smallest absolute Gasteiger partial charge is 0.258 e. The van der Waals surface area contributed by atoms with E-state index < -0.39 is 0 Å². The molecule has 0 radical (unpaired) electrons. The van der Waals surface area contributed by atoms with Gasteiger partial charge in [-0.2, -0.15) is 0 Å². The van der Waals surface area contributed by atoms with Crippen LogP contribution in [0.25, 0.3) is 11.1 Å². The van der Waals surface area contributed by atoms with E-state index in [0.717, 1.165) is 53.6 Å². The van der Waals surface area contributed by atoms with E-state index in [2.05, 4.69) is 28.2 Å². The summed E-state index contributed by atoms with van der Waals surface area (Å²) in [6.07, 6.45) is 7.81. The topological polar surface area (TPSA) is 77.9 Å². The van der Waals surface area contributed by atoms with E-state index in [0.29, 0.717) is 19.0 Å². The van der Waals surface area contributed by atoms with Crippen LogP contribution in [-0.2, 0) is 17.9 Å². The Bertz CT molecular complexity index is 1150. The van der Waals surface area contributed by atoms with Crippen molar-refractivity contribution in [2.75, 3.05) is 33.0 Å². The maximum absolute atomic E-state index is 12.4. The zero-order valence-corrected chi connectivity index (χ0v) is 20.1. The third-order valence-electron chi connectivity index (χ3n) is 6.51. The standard InChI is InChI=1S/C27H32N4O4/c1-20-3-2-10-31(15-20)16-23-13-21(22-5-7-25-26(14-22)35-19-34-25)4-6-24(23)33-17-27(32)29-9-12-30-11-8-28-18-30/h4-8,11,13-14,18,20H,2-3,9-10,12,15-17,19H2,1H3,(H,29,32). The number of carbonyl (C=O) groups is 1. The van der Waals surface area contributed by atoms with E-state index >= 15 is 0 Å². The number of nitrogens with zero attached hydrogens (tertiary/aromatic N) is 3. The van der Waals surface area contributed by atoms with Crippen molar-refractivity contribution in [1.82, 2.24) is 19.8 Å². The molecule has 1 N–H and O–H groups in total. The number of piperidine rings is 1. The highest BCUT2D eigenvalue weighted by Gasteiger charge is 2.20. The van der Waals surface area contributed by atoms with Crippen molar-refractivity contribution in [3.63, 3.8) is 0 Å². The Balaban J connectivity index is 1.28. The molecule has 3 heterocycles. The van der Waals surface area contributed by atoms with Crippen LogP contribution in [0.5, 0.6) is 17.2 Å². The molecular formula is C27H32N4O4. The van der Waals surface area contributed by atoms with Gasteiger partial charge in [0.05, 0.1) is 6.33 Å². The largest absolute Gasteiger partial charge is 0.483 e. The second-order valence-corrected chi connectivity index (χ2v) is 9.31. The van der Waals surface area contributed by atoms with Crippen LogP contribution in [0.15, 0.2) is 55.1 Å². The van der Waals surface area contributed by atoms with Crippen molar-refractivity contribution in [1.29, 1.82) is 0 Å². The van der Waals surface area contributed by atoms with Crippen LogP contribution in [0, 0.1) is 5.92 Å². The number of aromatic nitrogens is 2. The first kappa shape index (κ1) is 23.2. The summed E-state index contributed by atoms with van der Waals surface area (Å²) in [5.74, 6) is 2.84. The number of rotatable bonds is 9. The monoisotopic (exact) mass is 476 g/mol. The Morgan fingerprint density at radius 2 is 2.03 bits per heavy atom. The molecule has 2 aromatic carbocycles. The lowest BCUT2D eigenvalue weighted by atomic mass is 9.98. The maximum Gasteiger partial charge on any atom is 0.258 e. The van der Waals surface area contributed by atoms with Gasteiger partial charge in [0.1, 0.15) is 5.75 Å². The summed E-state index contributed by atoms with van der Waals surface area (Å²) in [5.41, 5.74) is 3.23. The van der Waals surface area contributed by atoms with Gasteiger partial charge in [-0.05, 0) is 60.7 Å². The predicted octanol–water partition coefficient (Wildman–Crippen LogP) is 3.71. The molecule has 1 fully saturated rings. The highest BCUT2D eigenvalue weighted by molar-refractivity contribution is 5.77. The van der Waals surface area contributed by atoms with Crippen molar-refractivity contribution in [2.24, 2.45) is 5.92 Å². The predicted molar refractivity (Wildman–Crippen MR) is 132 cm³/mol. The maximum atomic E-state index is 12.4. The molecule has 0 spiro atoms. The Kier molecular flexibility index (Phi) is 7.18. The normalized spacial score (nSPS) is 17.3. The minimum atomic E-state index is -0.137. The summed E-state index contributed by atoms with van der Waals surface area (Å²) in [7, 11) is 0. The van der Waals surface area contributed by atoms with E-state index in [1.807, 2.05) is 41.1 Å². The van der Waals surface area contributed by atoms with Gasteiger partial charge in [-0.3, -0.25) is 9.69 Å². The molecule has 0 aliphatic carbocycles. The lowest BCUT2D eigenvalue weighted by Gasteiger charge is -2.31. The van der Waals surface area contributed by atoms with Gasteiger partial charge < -0.3 is 24.1 Å². The number of ether oxygens (including phenoxy) is 3. The molecule has 1 amide bonds. The minimum absolute atomic E-state index is 0.0172. The molecule has 35 heavy (non-hydrogen) atoms. The SMILES string of the molecule is CC1CCCN(Cc2cc(-c3ccc4c(c3)OCO4)ccc2OCC(=O)NCCn2ccnc2)C1. The number of amides is 1. The summed E-state index contributed by atoms with van der Waals surface area (Å²) in [4.78, 5) is 18.9. The molecule has 1 saturated heterocycles. The average molecular weight is 477 g/mol. The van der Waals surface area contributed by atoms with Gasteiger partial charge in [-0.1, -0.05) is 19.1 Å². The van der Waals surface area contributed by atoms with Crippen LogP contribution < -0.4 is 19.5 Å². The molecule has 1 unspecified atom stereocenters. The summed E-state index contributed by atoms with van der Waals surface area (Å²) < 4.78 is 19.0. The van der Waals surface area contributed by atoms with Crippen LogP contribution in [-0.4, -0.2) is 53.4 Å². The van der Waals surface area contributed by atoms with Crippen molar-refractivity contribution in [2.45, 2.75) is 32.9 Å². The van der Waals surface area contributed by atoms with E-state index in [4.69, 9.17) is 14.2 Å². The number of likely N-dealkylation sites (tertiary alicyclic amines) is 1. The molecule has 8 heteroatoms. The zero-order chi connectivity index (χ0) is 24.0. The summed E-state index contributed by atoms with van der Waals surface area (Å²) in [6, 6.07) is 12.2. The first-order valence-corrected chi connectivity index (χ1v) is 12.2. The molecule has 184 valence electrons. The van der Waals surface area contributed by atoms with Gasteiger partial charge >= 0.3 is 0 Å². The van der Waals surface area contributed by atoms with Gasteiger partial charge in [0, 0.05) is 44.1 Å². The van der Waals surface area contributed by atoms with Crippen LogP contribution in [0.1, 0.15) is 25.3 Å². The number of imidazole rings is 1. The van der Waals surface area contributed by atoms with Crippen LogP contribution in [0.2, 0.25) is 0 Å². The Labute approximate surface area is 205 Å². The lowest BCUT2D eigenvalue weighted by molar-refractivity contribution is -0.123. The molecule has 3 aromatic rings. The van der Waals surface area contributed by atoms with Gasteiger partial charge in [0.2, 0.25) is 6.79 Å². The number of hydrogen-bond acceptors (Lipinski definition) is 6. The Hall–Kier alpha value is -3.52. The molecule has 1 atom stereocenters. The first-order valence-electron chi connectivity index (χ1n) is 12.2. The molecule has 1 aromatic heterocycles. The average Bonchev–Trinajstić information content (AvgIpc) is 3.55. The van der Waals surface area contributed by atoms with Gasteiger partial charge in [-0.25, -0.2) is 4.98 Å². The van der Waals surface area contributed by atoms with Crippen molar-refractivity contribution in [3.05, 3.63) is 60.7 Å². The van der Waals surface area contributed by atoms with Crippen LogP contribution in [0.4, 0.5) is 0 Å². The Morgan fingerprint density at radius 1 is 1.17 bits per heavy atom. The van der Waals surface area contributed by atoms with Crippen molar-refractivity contribution >= 4 is 5.91 Å². The van der Waals surface area contributed by atoms with Crippen molar-refractivity contribution < 1.29 is 19.0 Å². The number of hydrogen-bond donors (Lipinski definition) is 1. The molecule has 2 aliphatic rings. The molecule has 0 saturated carbocycles. The van der Waals surface area contributed by atoms with E-state index in [-0.39, 0.29) is 19.3 Å². The molecule has 0 bridgehead atoms. The fraction of sp³-hybridized carbons (Fsp3) is 0.407. The van der Waals surface area contributed by atoms with E-state index in [1.165, 1.54) is 12.8 Å². The second-order valence-electron chi connectivity index (χ2n) is 9.31. The third kappa shape index (κ3) is 5.95. The van der Waals surface area contributed by atoms with E-state index in [1.54, 1.807) is 12.5 Å². The van der Waals surface area contributed by atoms with Gasteiger partial charge in [0.25, 0.3) is 5.91 Å². The fourth-order valence-corrected chi connectivity index (χ4v) is 4.71. The number of carbonyl (C=O) groups excluding carboxylic acids is 1. The molecule has 2 aliphatic heterocycles. The fourth-order valence-electron chi connectivity index (χ4n) is 4.71. The van der Waals surface area contributed by atoms with Crippen molar-refractivity contribution in [3.8, 4) is 28.4 Å². The number of benzene rings is 2. The number of nitrogens with one attached hydrogen (secondary N) is 1. The second kappa shape index (κ2) is 10.8. The van der Waals surface area contributed by atoms with Gasteiger partial charge in [-0.15, -0.1) is 0 Å². The quantitative estimate of drug-likeness (QED) is 0.507. The third-order valence-corrected chi connectivity index (χ3v) is 6.51. The first-order chi connectivity index (χ1) is 17.1. The summed E-state index contributed by atoms with van der Waals surface area (Å²) >= 11 is 0. The highest BCUT2D eigenvalue weighted by Crippen LogP contribution is 2.37. The minimum Gasteiger partial charge on any atom is -0.483 e. The lowest BCUT2D eigenvalue weighted by Crippen LogP contribution is -2.34. The zero-order valence-electron chi connectivity index (χ0n) is 20.1. The number of fused-ring (bicyclic) bond motifs is 1. The van der Waals surface area contributed by atoms with Gasteiger partial charge in [0.15, 0.2) is 18.1 Å². The summed E-state index contributed by atoms with van der Waals surface area (Å²) in [6.45, 7) is 6.69. The highest BCUT2D eigenvalue weighted by atomic mass is 16.7. The Morgan fingerprint density at radius 3 is 2.89 bits per heavy atom. The van der Waals surface area contributed by atoms with Crippen LogP contribution in [0.3, 0.4) is 0 Å².